The van der Waals surface area contributed by atoms with Crippen LogP contribution in [0.4, 0.5) is 5.69 Å². The predicted molar refractivity (Wildman–Crippen MR) is 67.6 cm³/mol. The molecule has 2 heterocycles. The van der Waals surface area contributed by atoms with Gasteiger partial charge in [0.2, 0.25) is 0 Å². The molecule has 0 atom stereocenters. The van der Waals surface area contributed by atoms with Crippen molar-refractivity contribution in [2.24, 2.45) is 0 Å². The minimum Gasteiger partial charge on any atom is -0.432 e. The van der Waals surface area contributed by atoms with Crippen LogP contribution in [0.2, 0.25) is 0 Å². The second-order valence-electron chi connectivity index (χ2n) is 3.42. The summed E-state index contributed by atoms with van der Waals surface area (Å²) in [6.45, 7) is 1.75. The topological polar surface area (TPSA) is 78.2 Å². The van der Waals surface area contributed by atoms with Gasteiger partial charge < -0.3 is 4.74 Å². The highest BCUT2D eigenvalue weighted by molar-refractivity contribution is 9.10. The molecule has 2 aromatic heterocycles. The van der Waals surface area contributed by atoms with Gasteiger partial charge in [0.25, 0.3) is 5.88 Å². The van der Waals surface area contributed by atoms with Gasteiger partial charge in [-0.1, -0.05) is 0 Å². The van der Waals surface area contributed by atoms with Crippen LogP contribution in [0.5, 0.6) is 11.6 Å². The fraction of sp³-hybridized carbons (Fsp3) is 0.0909. The SMILES string of the molecule is Cc1ncccc1Oc1ncc(Br)cc1[N+](=O)[O-]. The van der Waals surface area contributed by atoms with Crippen molar-refractivity contribution in [1.29, 1.82) is 0 Å². The zero-order valence-corrected chi connectivity index (χ0v) is 10.9. The average molecular weight is 310 g/mol. The lowest BCUT2D eigenvalue weighted by molar-refractivity contribution is -0.386. The van der Waals surface area contributed by atoms with E-state index in [4.69, 9.17) is 4.74 Å². The van der Waals surface area contributed by atoms with Crippen LogP contribution in [0, 0.1) is 17.0 Å². The van der Waals surface area contributed by atoms with Crippen molar-refractivity contribution in [2.75, 3.05) is 0 Å². The van der Waals surface area contributed by atoms with E-state index in [1.165, 1.54) is 12.3 Å². The van der Waals surface area contributed by atoms with Crippen molar-refractivity contribution in [3.63, 3.8) is 0 Å². The molecule has 0 aliphatic carbocycles. The highest BCUT2D eigenvalue weighted by atomic mass is 79.9. The molecule has 0 aromatic carbocycles. The molecule has 2 aromatic rings. The van der Waals surface area contributed by atoms with Crippen LogP contribution in [0.25, 0.3) is 0 Å². The number of halogens is 1. The first kappa shape index (κ1) is 12.4. The zero-order chi connectivity index (χ0) is 13.1. The molecule has 6 nitrogen and oxygen atoms in total. The number of aryl methyl sites for hydroxylation is 1. The van der Waals surface area contributed by atoms with Crippen LogP contribution >= 0.6 is 15.9 Å². The number of hydrogen-bond acceptors (Lipinski definition) is 5. The quantitative estimate of drug-likeness (QED) is 0.642. The molecule has 92 valence electrons. The lowest BCUT2D eigenvalue weighted by Crippen LogP contribution is -1.97. The number of aromatic nitrogens is 2. The Balaban J connectivity index is 2.41. The van der Waals surface area contributed by atoms with Crippen LogP contribution in [0.15, 0.2) is 35.1 Å². The molecule has 0 saturated carbocycles. The molecule has 0 N–H and O–H groups in total. The van der Waals surface area contributed by atoms with E-state index >= 15 is 0 Å². The van der Waals surface area contributed by atoms with Gasteiger partial charge in [0.15, 0.2) is 5.75 Å². The Labute approximate surface area is 111 Å². The van der Waals surface area contributed by atoms with E-state index in [2.05, 4.69) is 25.9 Å². The largest absolute Gasteiger partial charge is 0.432 e. The van der Waals surface area contributed by atoms with Crippen molar-refractivity contribution < 1.29 is 9.66 Å². The van der Waals surface area contributed by atoms with E-state index < -0.39 is 4.92 Å². The molecular weight excluding hydrogens is 302 g/mol. The standard InChI is InChI=1S/C11H8BrN3O3/c1-7-10(3-2-4-13-7)18-11-9(15(16)17)5-8(12)6-14-11/h2-6H,1H3. The molecule has 2 rings (SSSR count). The Hall–Kier alpha value is -2.02. The summed E-state index contributed by atoms with van der Waals surface area (Å²) >= 11 is 3.13. The average Bonchev–Trinajstić information content (AvgIpc) is 2.34. The third kappa shape index (κ3) is 2.62. The van der Waals surface area contributed by atoms with Gasteiger partial charge in [0.05, 0.1) is 10.6 Å². The van der Waals surface area contributed by atoms with Gasteiger partial charge in [-0.15, -0.1) is 0 Å². The molecule has 0 aliphatic heterocycles. The number of nitrogens with zero attached hydrogens (tertiary/aromatic N) is 3. The zero-order valence-electron chi connectivity index (χ0n) is 9.33. The molecule has 0 bridgehead atoms. The van der Waals surface area contributed by atoms with Gasteiger partial charge in [-0.05, 0) is 35.0 Å². The molecule has 0 spiro atoms. The van der Waals surface area contributed by atoms with Crippen molar-refractivity contribution in [3.8, 4) is 11.6 Å². The molecule has 18 heavy (non-hydrogen) atoms. The third-order valence-corrected chi connectivity index (χ3v) is 2.59. The summed E-state index contributed by atoms with van der Waals surface area (Å²) in [6.07, 6.45) is 3.06. The number of pyridine rings is 2. The molecule has 0 unspecified atom stereocenters. The van der Waals surface area contributed by atoms with Crippen molar-refractivity contribution >= 4 is 21.6 Å². The summed E-state index contributed by atoms with van der Waals surface area (Å²) in [6, 6.07) is 4.71. The summed E-state index contributed by atoms with van der Waals surface area (Å²) in [5, 5.41) is 10.9. The van der Waals surface area contributed by atoms with Gasteiger partial charge in [0.1, 0.15) is 0 Å². The highest BCUT2D eigenvalue weighted by Crippen LogP contribution is 2.31. The summed E-state index contributed by atoms with van der Waals surface area (Å²) < 4.78 is 5.94. The first-order chi connectivity index (χ1) is 8.58. The maximum absolute atomic E-state index is 10.9. The molecule has 0 saturated heterocycles. The van der Waals surface area contributed by atoms with Crippen molar-refractivity contribution in [3.05, 3.63) is 50.9 Å². The Morgan fingerprint density at radius 2 is 2.22 bits per heavy atom. The first-order valence-electron chi connectivity index (χ1n) is 4.97. The Bertz CT molecular complexity index is 604. The second-order valence-corrected chi connectivity index (χ2v) is 4.34. The second kappa shape index (κ2) is 5.09. The lowest BCUT2D eigenvalue weighted by atomic mass is 10.3. The third-order valence-electron chi connectivity index (χ3n) is 2.16. The van der Waals surface area contributed by atoms with Gasteiger partial charge in [-0.25, -0.2) is 4.98 Å². The van der Waals surface area contributed by atoms with Gasteiger partial charge in [0, 0.05) is 22.9 Å². The minimum atomic E-state index is -0.543. The van der Waals surface area contributed by atoms with Crippen LogP contribution in [0.3, 0.4) is 0 Å². The molecule has 0 amide bonds. The molecule has 0 radical (unpaired) electrons. The van der Waals surface area contributed by atoms with Gasteiger partial charge in [-0.2, -0.15) is 0 Å². The number of hydrogen-bond donors (Lipinski definition) is 0. The summed E-state index contributed by atoms with van der Waals surface area (Å²) in [4.78, 5) is 18.3. The van der Waals surface area contributed by atoms with Crippen LogP contribution in [0.1, 0.15) is 5.69 Å². The minimum absolute atomic E-state index is 0.0562. The van der Waals surface area contributed by atoms with Crippen LogP contribution in [-0.4, -0.2) is 14.9 Å². The Morgan fingerprint density at radius 3 is 2.89 bits per heavy atom. The Kier molecular flexibility index (Phi) is 3.52. The van der Waals surface area contributed by atoms with E-state index in [9.17, 15) is 10.1 Å². The first-order valence-corrected chi connectivity index (χ1v) is 5.76. The summed E-state index contributed by atoms with van der Waals surface area (Å²) in [5.74, 6) is 0.384. The monoisotopic (exact) mass is 309 g/mol. The predicted octanol–water partition coefficient (Wildman–Crippen LogP) is 3.25. The van der Waals surface area contributed by atoms with Crippen molar-refractivity contribution in [2.45, 2.75) is 6.92 Å². The van der Waals surface area contributed by atoms with E-state index in [0.29, 0.717) is 15.9 Å². The van der Waals surface area contributed by atoms with E-state index in [1.807, 2.05) is 0 Å². The number of ether oxygens (including phenoxy) is 1. The lowest BCUT2D eigenvalue weighted by Gasteiger charge is -2.06. The number of rotatable bonds is 3. The smallest absolute Gasteiger partial charge is 0.332 e. The van der Waals surface area contributed by atoms with Gasteiger partial charge >= 0.3 is 5.69 Å². The fourth-order valence-electron chi connectivity index (χ4n) is 1.31. The molecule has 7 heteroatoms. The van der Waals surface area contributed by atoms with E-state index in [-0.39, 0.29) is 11.6 Å². The van der Waals surface area contributed by atoms with Crippen LogP contribution < -0.4 is 4.74 Å². The molecule has 0 aliphatic rings. The van der Waals surface area contributed by atoms with Crippen molar-refractivity contribution in [1.82, 2.24) is 9.97 Å². The number of nitro groups is 1. The summed E-state index contributed by atoms with van der Waals surface area (Å²) in [7, 11) is 0. The van der Waals surface area contributed by atoms with E-state index in [0.717, 1.165) is 0 Å². The normalized spacial score (nSPS) is 10.1. The maximum Gasteiger partial charge on any atom is 0.332 e. The Morgan fingerprint density at radius 1 is 1.44 bits per heavy atom. The van der Waals surface area contributed by atoms with Gasteiger partial charge in [-0.3, -0.25) is 15.1 Å². The fourth-order valence-corrected chi connectivity index (χ4v) is 1.63. The van der Waals surface area contributed by atoms with E-state index in [1.54, 1.807) is 25.3 Å². The highest BCUT2D eigenvalue weighted by Gasteiger charge is 2.18. The molecule has 0 fully saturated rings. The summed E-state index contributed by atoms with van der Waals surface area (Å²) in [5.41, 5.74) is 0.434. The van der Waals surface area contributed by atoms with Crippen LogP contribution in [-0.2, 0) is 0 Å². The maximum atomic E-state index is 10.9. The molecular formula is C11H8BrN3O3.